The average molecular weight is 262 g/mol. The van der Waals surface area contributed by atoms with E-state index in [0.29, 0.717) is 6.04 Å². The van der Waals surface area contributed by atoms with Gasteiger partial charge in [-0.25, -0.2) is 0 Å². The summed E-state index contributed by atoms with van der Waals surface area (Å²) in [6.45, 7) is 2.86. The molecule has 3 rings (SSSR count). The number of furan rings is 1. The van der Waals surface area contributed by atoms with E-state index in [9.17, 15) is 0 Å². The van der Waals surface area contributed by atoms with Gasteiger partial charge in [-0.1, -0.05) is 11.6 Å². The van der Waals surface area contributed by atoms with E-state index in [1.807, 2.05) is 37.3 Å². The standard InChI is InChI=1S/C15H16ClNO/c1-10-8-11(16)2-6-14(10)15-7-5-13(18-15)9-17-12-3-4-12/h2,5-8,12,17H,3-4,9H2,1H3. The first-order valence-corrected chi connectivity index (χ1v) is 6.69. The highest BCUT2D eigenvalue weighted by Crippen LogP contribution is 2.28. The number of aryl methyl sites for hydroxylation is 1. The molecule has 0 bridgehead atoms. The van der Waals surface area contributed by atoms with Gasteiger partial charge in [0.1, 0.15) is 11.5 Å². The molecule has 94 valence electrons. The molecule has 1 N–H and O–H groups in total. The fraction of sp³-hybridized carbons (Fsp3) is 0.333. The summed E-state index contributed by atoms with van der Waals surface area (Å²) in [5, 5.41) is 4.21. The smallest absolute Gasteiger partial charge is 0.134 e. The van der Waals surface area contributed by atoms with E-state index >= 15 is 0 Å². The van der Waals surface area contributed by atoms with E-state index in [1.54, 1.807) is 0 Å². The van der Waals surface area contributed by atoms with Crippen molar-refractivity contribution in [2.75, 3.05) is 0 Å². The molecule has 0 unspecified atom stereocenters. The topological polar surface area (TPSA) is 25.2 Å². The second-order valence-electron chi connectivity index (χ2n) is 4.88. The van der Waals surface area contributed by atoms with Crippen LogP contribution in [0.3, 0.4) is 0 Å². The second kappa shape index (κ2) is 4.79. The minimum atomic E-state index is 0.704. The van der Waals surface area contributed by atoms with Crippen LogP contribution in [0.5, 0.6) is 0 Å². The highest BCUT2D eigenvalue weighted by atomic mass is 35.5. The summed E-state index contributed by atoms with van der Waals surface area (Å²) in [7, 11) is 0. The maximum absolute atomic E-state index is 5.96. The van der Waals surface area contributed by atoms with E-state index in [-0.39, 0.29) is 0 Å². The van der Waals surface area contributed by atoms with Gasteiger partial charge in [-0.2, -0.15) is 0 Å². The summed E-state index contributed by atoms with van der Waals surface area (Å²) >= 11 is 5.96. The van der Waals surface area contributed by atoms with Crippen LogP contribution in [-0.2, 0) is 6.54 Å². The van der Waals surface area contributed by atoms with Crippen LogP contribution < -0.4 is 5.32 Å². The number of hydrogen-bond donors (Lipinski definition) is 1. The van der Waals surface area contributed by atoms with Gasteiger partial charge in [-0.15, -0.1) is 0 Å². The molecule has 1 heterocycles. The number of hydrogen-bond acceptors (Lipinski definition) is 2. The zero-order chi connectivity index (χ0) is 12.5. The number of halogens is 1. The van der Waals surface area contributed by atoms with Crippen LogP contribution >= 0.6 is 11.6 Å². The lowest BCUT2D eigenvalue weighted by Crippen LogP contribution is -2.14. The molecule has 0 radical (unpaired) electrons. The van der Waals surface area contributed by atoms with Gasteiger partial charge in [0.2, 0.25) is 0 Å². The van der Waals surface area contributed by atoms with E-state index in [0.717, 1.165) is 34.2 Å². The SMILES string of the molecule is Cc1cc(Cl)ccc1-c1ccc(CNC2CC2)o1. The molecule has 2 aromatic rings. The predicted molar refractivity (Wildman–Crippen MR) is 73.8 cm³/mol. The van der Waals surface area contributed by atoms with Gasteiger partial charge in [0.15, 0.2) is 0 Å². The van der Waals surface area contributed by atoms with Crippen LogP contribution in [0.15, 0.2) is 34.7 Å². The Morgan fingerprint density at radius 1 is 1.28 bits per heavy atom. The number of benzene rings is 1. The van der Waals surface area contributed by atoms with Crippen molar-refractivity contribution in [1.29, 1.82) is 0 Å². The Bertz CT molecular complexity index is 557. The van der Waals surface area contributed by atoms with Crippen LogP contribution in [-0.4, -0.2) is 6.04 Å². The summed E-state index contributed by atoms with van der Waals surface area (Å²) in [4.78, 5) is 0. The quantitative estimate of drug-likeness (QED) is 0.894. The van der Waals surface area contributed by atoms with E-state index in [1.165, 1.54) is 12.8 Å². The normalized spacial score (nSPS) is 15.0. The van der Waals surface area contributed by atoms with Crippen LogP contribution in [0.4, 0.5) is 0 Å². The maximum Gasteiger partial charge on any atom is 0.134 e. The summed E-state index contributed by atoms with van der Waals surface area (Å²) in [5.74, 6) is 1.91. The van der Waals surface area contributed by atoms with Gasteiger partial charge in [0, 0.05) is 16.6 Å². The van der Waals surface area contributed by atoms with Crippen molar-refractivity contribution in [3.8, 4) is 11.3 Å². The first-order valence-electron chi connectivity index (χ1n) is 6.31. The van der Waals surface area contributed by atoms with Crippen molar-refractivity contribution in [2.24, 2.45) is 0 Å². The molecule has 0 atom stereocenters. The van der Waals surface area contributed by atoms with Crippen LogP contribution in [0.2, 0.25) is 5.02 Å². The Labute approximate surface area is 112 Å². The number of rotatable bonds is 4. The van der Waals surface area contributed by atoms with Crippen LogP contribution in [0.25, 0.3) is 11.3 Å². The minimum Gasteiger partial charge on any atom is -0.460 e. The van der Waals surface area contributed by atoms with Crippen LogP contribution in [0.1, 0.15) is 24.2 Å². The molecule has 0 spiro atoms. The van der Waals surface area contributed by atoms with Crippen molar-refractivity contribution in [3.63, 3.8) is 0 Å². The van der Waals surface area contributed by atoms with Gasteiger partial charge in [0.25, 0.3) is 0 Å². The van der Waals surface area contributed by atoms with E-state index in [4.69, 9.17) is 16.0 Å². The third-order valence-corrected chi connectivity index (χ3v) is 3.49. The molecule has 1 aliphatic rings. The maximum atomic E-state index is 5.96. The molecule has 1 saturated carbocycles. The highest BCUT2D eigenvalue weighted by Gasteiger charge is 2.20. The molecular formula is C15H16ClNO. The fourth-order valence-corrected chi connectivity index (χ4v) is 2.28. The fourth-order valence-electron chi connectivity index (χ4n) is 2.05. The first-order chi connectivity index (χ1) is 8.72. The molecule has 0 saturated heterocycles. The molecule has 2 nitrogen and oxygen atoms in total. The van der Waals surface area contributed by atoms with E-state index < -0.39 is 0 Å². The predicted octanol–water partition coefficient (Wildman–Crippen LogP) is 4.16. The Kier molecular flexibility index (Phi) is 3.14. The first kappa shape index (κ1) is 11.8. The molecule has 1 aromatic heterocycles. The van der Waals surface area contributed by atoms with Gasteiger partial charge in [-0.3, -0.25) is 0 Å². The lowest BCUT2D eigenvalue weighted by Gasteiger charge is -2.03. The Morgan fingerprint density at radius 3 is 2.83 bits per heavy atom. The van der Waals surface area contributed by atoms with Gasteiger partial charge in [-0.05, 0) is 55.7 Å². The lowest BCUT2D eigenvalue weighted by atomic mass is 10.1. The Balaban J connectivity index is 1.78. The molecular weight excluding hydrogens is 246 g/mol. The third kappa shape index (κ3) is 2.60. The van der Waals surface area contributed by atoms with Crippen molar-refractivity contribution < 1.29 is 4.42 Å². The molecule has 3 heteroatoms. The third-order valence-electron chi connectivity index (χ3n) is 3.26. The summed E-state index contributed by atoms with van der Waals surface area (Å²) in [6, 6.07) is 10.6. The molecule has 1 aromatic carbocycles. The zero-order valence-electron chi connectivity index (χ0n) is 10.4. The summed E-state index contributed by atoms with van der Waals surface area (Å²) in [5.41, 5.74) is 2.25. The zero-order valence-corrected chi connectivity index (χ0v) is 11.1. The molecule has 1 aliphatic carbocycles. The lowest BCUT2D eigenvalue weighted by molar-refractivity contribution is 0.492. The monoisotopic (exact) mass is 261 g/mol. The van der Waals surface area contributed by atoms with Crippen molar-refractivity contribution in [3.05, 3.63) is 46.7 Å². The van der Waals surface area contributed by atoms with Gasteiger partial charge >= 0.3 is 0 Å². The average Bonchev–Trinajstić information content (AvgIpc) is 3.05. The summed E-state index contributed by atoms with van der Waals surface area (Å²) in [6.07, 6.45) is 2.59. The minimum absolute atomic E-state index is 0.704. The van der Waals surface area contributed by atoms with Crippen molar-refractivity contribution in [2.45, 2.75) is 32.4 Å². The Hall–Kier alpha value is -1.25. The van der Waals surface area contributed by atoms with Gasteiger partial charge in [0.05, 0.1) is 6.54 Å². The van der Waals surface area contributed by atoms with Crippen LogP contribution in [0, 0.1) is 6.92 Å². The summed E-state index contributed by atoms with van der Waals surface area (Å²) < 4.78 is 5.86. The van der Waals surface area contributed by atoms with Gasteiger partial charge < -0.3 is 9.73 Å². The van der Waals surface area contributed by atoms with Crippen molar-refractivity contribution >= 4 is 11.6 Å². The number of nitrogens with one attached hydrogen (secondary N) is 1. The van der Waals surface area contributed by atoms with E-state index in [2.05, 4.69) is 5.32 Å². The molecule has 18 heavy (non-hydrogen) atoms. The molecule has 1 fully saturated rings. The Morgan fingerprint density at radius 2 is 2.11 bits per heavy atom. The molecule has 0 amide bonds. The second-order valence-corrected chi connectivity index (χ2v) is 5.32. The molecule has 0 aliphatic heterocycles. The van der Waals surface area contributed by atoms with Crippen molar-refractivity contribution in [1.82, 2.24) is 5.32 Å². The highest BCUT2D eigenvalue weighted by molar-refractivity contribution is 6.30. The largest absolute Gasteiger partial charge is 0.460 e.